The first-order valence-electron chi connectivity index (χ1n) is 12.1. The molecule has 0 radical (unpaired) electrons. The largest absolute Gasteiger partial charge is 0.493 e. The van der Waals surface area contributed by atoms with Crippen molar-refractivity contribution in [1.29, 1.82) is 0 Å². The quantitative estimate of drug-likeness (QED) is 0.216. The topological polar surface area (TPSA) is 85.4 Å². The van der Waals surface area contributed by atoms with Crippen LogP contribution in [0.3, 0.4) is 0 Å². The molecule has 3 aromatic rings. The maximum Gasteiger partial charge on any atom is 0.230 e. The van der Waals surface area contributed by atoms with Crippen LogP contribution < -0.4 is 20.1 Å². The second-order valence-corrected chi connectivity index (χ2v) is 10.7. The van der Waals surface area contributed by atoms with Crippen LogP contribution >= 0.6 is 47.4 Å². The lowest BCUT2D eigenvalue weighted by Gasteiger charge is -2.12. The van der Waals surface area contributed by atoms with E-state index in [1.807, 2.05) is 36.4 Å². The van der Waals surface area contributed by atoms with Crippen LogP contribution in [0.2, 0.25) is 10.0 Å². The molecule has 0 spiro atoms. The van der Waals surface area contributed by atoms with E-state index in [1.54, 1.807) is 26.6 Å². The van der Waals surface area contributed by atoms with Crippen molar-refractivity contribution in [2.45, 2.75) is 30.5 Å². The Hall–Kier alpha value is -2.23. The number of aromatic nitrogens is 2. The van der Waals surface area contributed by atoms with Gasteiger partial charge in [-0.3, -0.25) is 4.79 Å². The third-order valence-corrected chi connectivity index (χ3v) is 7.93. The van der Waals surface area contributed by atoms with Gasteiger partial charge in [-0.15, -0.1) is 12.4 Å². The SMILES string of the molecule is COc1ccc(-c2cnc(SCC(=O)NCC[C@H]3C[C@H](Cc4ccc(Cl)c(Cl)c4)CN3)nc2)cc1OC.Cl. The molecular weight excluding hydrogens is 567 g/mol. The number of hydrogen-bond donors (Lipinski definition) is 2. The summed E-state index contributed by atoms with van der Waals surface area (Å²) in [6.07, 6.45) is 6.42. The molecule has 0 bridgehead atoms. The van der Waals surface area contributed by atoms with Crippen LogP contribution in [0, 0.1) is 5.92 Å². The van der Waals surface area contributed by atoms with Crippen molar-refractivity contribution in [1.82, 2.24) is 20.6 Å². The predicted molar refractivity (Wildman–Crippen MR) is 156 cm³/mol. The molecule has 2 aromatic carbocycles. The van der Waals surface area contributed by atoms with Gasteiger partial charge in [0.05, 0.1) is 30.0 Å². The van der Waals surface area contributed by atoms with Gasteiger partial charge in [0.15, 0.2) is 16.7 Å². The Kier molecular flexibility index (Phi) is 11.8. The summed E-state index contributed by atoms with van der Waals surface area (Å²) in [5, 5.41) is 8.31. The minimum atomic E-state index is -0.0251. The third-order valence-electron chi connectivity index (χ3n) is 6.31. The first-order chi connectivity index (χ1) is 17.9. The van der Waals surface area contributed by atoms with E-state index >= 15 is 0 Å². The summed E-state index contributed by atoms with van der Waals surface area (Å²) in [6, 6.07) is 11.9. The second kappa shape index (κ2) is 14.8. The molecule has 1 aliphatic rings. The molecule has 38 heavy (non-hydrogen) atoms. The number of amides is 1. The van der Waals surface area contributed by atoms with Crippen molar-refractivity contribution in [3.8, 4) is 22.6 Å². The number of rotatable bonds is 11. The molecule has 1 fully saturated rings. The van der Waals surface area contributed by atoms with Gasteiger partial charge in [-0.25, -0.2) is 9.97 Å². The lowest BCUT2D eigenvalue weighted by atomic mass is 9.96. The highest BCUT2D eigenvalue weighted by Crippen LogP contribution is 2.32. The Balaban J connectivity index is 0.00000400. The summed E-state index contributed by atoms with van der Waals surface area (Å²) in [5.41, 5.74) is 2.98. The molecule has 2 heterocycles. The monoisotopic (exact) mass is 596 g/mol. The molecule has 2 N–H and O–H groups in total. The molecule has 2 atom stereocenters. The van der Waals surface area contributed by atoms with Gasteiger partial charge in [0.1, 0.15) is 0 Å². The van der Waals surface area contributed by atoms with Crippen molar-refractivity contribution in [2.24, 2.45) is 5.92 Å². The molecule has 1 amide bonds. The Labute approximate surface area is 243 Å². The summed E-state index contributed by atoms with van der Waals surface area (Å²) >= 11 is 13.5. The van der Waals surface area contributed by atoms with E-state index in [4.69, 9.17) is 32.7 Å². The molecule has 4 rings (SSSR count). The Morgan fingerprint density at radius 1 is 1.05 bits per heavy atom. The highest BCUT2D eigenvalue weighted by molar-refractivity contribution is 7.99. The summed E-state index contributed by atoms with van der Waals surface area (Å²) in [6.45, 7) is 1.60. The summed E-state index contributed by atoms with van der Waals surface area (Å²) in [7, 11) is 3.20. The van der Waals surface area contributed by atoms with Crippen molar-refractivity contribution >= 4 is 53.3 Å². The maximum absolute atomic E-state index is 12.3. The zero-order chi connectivity index (χ0) is 26.2. The molecular formula is C27H31Cl3N4O3S. The minimum absolute atomic E-state index is 0. The molecule has 0 unspecified atom stereocenters. The fraction of sp³-hybridized carbons (Fsp3) is 0.370. The number of hydrogen-bond acceptors (Lipinski definition) is 7. The molecule has 0 aliphatic carbocycles. The molecule has 1 aliphatic heterocycles. The number of carbonyl (C=O) groups is 1. The molecule has 7 nitrogen and oxygen atoms in total. The Bertz CT molecular complexity index is 1220. The highest BCUT2D eigenvalue weighted by Gasteiger charge is 2.24. The molecule has 11 heteroatoms. The maximum atomic E-state index is 12.3. The molecule has 1 saturated heterocycles. The van der Waals surface area contributed by atoms with Crippen LogP contribution in [0.5, 0.6) is 11.5 Å². The minimum Gasteiger partial charge on any atom is -0.493 e. The van der Waals surface area contributed by atoms with E-state index in [0.717, 1.165) is 36.9 Å². The van der Waals surface area contributed by atoms with E-state index in [-0.39, 0.29) is 24.1 Å². The number of benzene rings is 2. The number of thioether (sulfide) groups is 1. The van der Waals surface area contributed by atoms with Crippen LogP contribution in [0.15, 0.2) is 53.9 Å². The number of halogens is 3. The number of methoxy groups -OCH3 is 2. The van der Waals surface area contributed by atoms with Crippen LogP contribution in [0.4, 0.5) is 0 Å². The van der Waals surface area contributed by atoms with Crippen LogP contribution in [0.25, 0.3) is 11.1 Å². The second-order valence-electron chi connectivity index (χ2n) is 8.91. The van der Waals surface area contributed by atoms with Crippen LogP contribution in [0.1, 0.15) is 18.4 Å². The summed E-state index contributed by atoms with van der Waals surface area (Å²) in [4.78, 5) is 21.1. The van der Waals surface area contributed by atoms with Gasteiger partial charge in [-0.1, -0.05) is 47.1 Å². The van der Waals surface area contributed by atoms with E-state index in [2.05, 4.69) is 20.6 Å². The van der Waals surface area contributed by atoms with Gasteiger partial charge >= 0.3 is 0 Å². The van der Waals surface area contributed by atoms with Gasteiger partial charge in [-0.05, 0) is 67.1 Å². The number of nitrogens with zero attached hydrogens (tertiary/aromatic N) is 2. The summed E-state index contributed by atoms with van der Waals surface area (Å²) < 4.78 is 10.6. The van der Waals surface area contributed by atoms with Crippen molar-refractivity contribution < 1.29 is 14.3 Å². The standard InChI is InChI=1S/C27H30Cl2N4O3S.ClH/c1-35-24-6-4-19(12-25(24)36-2)20-14-32-27(33-15-20)37-16-26(34)30-8-7-21-10-18(13-31-21)9-17-3-5-22(28)23(29)11-17;/h3-6,11-12,14-15,18,21,31H,7-10,13,16H2,1-2H3,(H,30,34);1H/t18-,21-;/m0./s1. The average molecular weight is 598 g/mol. The van der Waals surface area contributed by atoms with Crippen molar-refractivity contribution in [3.63, 3.8) is 0 Å². The van der Waals surface area contributed by atoms with E-state index in [0.29, 0.717) is 45.2 Å². The zero-order valence-corrected chi connectivity index (χ0v) is 24.4. The predicted octanol–water partition coefficient (Wildman–Crippen LogP) is 5.71. The highest BCUT2D eigenvalue weighted by atomic mass is 35.5. The zero-order valence-electron chi connectivity index (χ0n) is 21.2. The lowest BCUT2D eigenvalue weighted by Crippen LogP contribution is -2.31. The first kappa shape index (κ1) is 30.3. The molecule has 1 aromatic heterocycles. The van der Waals surface area contributed by atoms with Crippen molar-refractivity contribution in [3.05, 3.63) is 64.4 Å². The smallest absolute Gasteiger partial charge is 0.230 e. The van der Waals surface area contributed by atoms with E-state index < -0.39 is 0 Å². The van der Waals surface area contributed by atoms with Crippen LogP contribution in [-0.2, 0) is 11.2 Å². The lowest BCUT2D eigenvalue weighted by molar-refractivity contribution is -0.118. The number of ether oxygens (including phenoxy) is 2. The molecule has 0 saturated carbocycles. The van der Waals surface area contributed by atoms with E-state index in [9.17, 15) is 4.79 Å². The number of carbonyl (C=O) groups excluding carboxylic acids is 1. The Morgan fingerprint density at radius 3 is 2.53 bits per heavy atom. The van der Waals surface area contributed by atoms with Gasteiger partial charge in [0, 0.05) is 30.5 Å². The number of nitrogens with one attached hydrogen (secondary N) is 2. The fourth-order valence-corrected chi connectivity index (χ4v) is 5.34. The van der Waals surface area contributed by atoms with Crippen molar-refractivity contribution in [2.75, 3.05) is 33.1 Å². The molecule has 204 valence electrons. The van der Waals surface area contributed by atoms with Gasteiger partial charge in [0.2, 0.25) is 5.91 Å². The van der Waals surface area contributed by atoms with Gasteiger partial charge in [-0.2, -0.15) is 0 Å². The van der Waals surface area contributed by atoms with Crippen LogP contribution in [-0.4, -0.2) is 55.0 Å². The average Bonchev–Trinajstić information content (AvgIpc) is 3.36. The Morgan fingerprint density at radius 2 is 1.82 bits per heavy atom. The first-order valence-corrected chi connectivity index (χ1v) is 13.8. The summed E-state index contributed by atoms with van der Waals surface area (Å²) in [5.74, 6) is 2.10. The van der Waals surface area contributed by atoms with Gasteiger partial charge < -0.3 is 20.1 Å². The normalized spacial score (nSPS) is 16.5. The van der Waals surface area contributed by atoms with E-state index in [1.165, 1.54) is 17.3 Å². The third kappa shape index (κ3) is 8.38. The van der Waals surface area contributed by atoms with Gasteiger partial charge in [0.25, 0.3) is 0 Å². The fourth-order valence-electron chi connectivity index (χ4n) is 4.40.